The van der Waals surface area contributed by atoms with Crippen molar-refractivity contribution >= 4 is 5.91 Å². The Labute approximate surface area is 117 Å². The Kier molecular flexibility index (Phi) is 4.47. The first-order valence-corrected chi connectivity index (χ1v) is 6.08. The van der Waals surface area contributed by atoms with Crippen molar-refractivity contribution in [2.45, 2.75) is 6.54 Å². The van der Waals surface area contributed by atoms with Crippen molar-refractivity contribution in [1.82, 2.24) is 20.1 Å². The van der Waals surface area contributed by atoms with E-state index < -0.39 is 0 Å². The minimum Gasteiger partial charge on any atom is -0.337 e. The summed E-state index contributed by atoms with van der Waals surface area (Å²) in [6.07, 6.45) is 6.59. The molecule has 0 bridgehead atoms. The van der Waals surface area contributed by atoms with E-state index in [2.05, 4.69) is 27.0 Å². The average molecular weight is 269 g/mol. The molecular weight excluding hydrogens is 254 g/mol. The van der Waals surface area contributed by atoms with Gasteiger partial charge in [0, 0.05) is 37.7 Å². The van der Waals surface area contributed by atoms with Crippen LogP contribution in [-0.2, 0) is 6.54 Å². The van der Waals surface area contributed by atoms with Crippen LogP contribution in [0.4, 0.5) is 0 Å². The quantitative estimate of drug-likeness (QED) is 0.789. The number of carbonyl (C=O) groups is 1. The SMILES string of the molecule is CN(Cc1cn[nH]c1)C(=O)c1ccncc1C#CCN. The molecule has 20 heavy (non-hydrogen) atoms. The van der Waals surface area contributed by atoms with Crippen LogP contribution in [0.3, 0.4) is 0 Å². The van der Waals surface area contributed by atoms with Crippen LogP contribution in [0.15, 0.2) is 30.9 Å². The molecule has 2 rings (SSSR count). The van der Waals surface area contributed by atoms with E-state index in [1.54, 1.807) is 42.8 Å². The molecule has 1 amide bonds. The van der Waals surface area contributed by atoms with Gasteiger partial charge < -0.3 is 10.6 Å². The number of aromatic nitrogens is 3. The van der Waals surface area contributed by atoms with Gasteiger partial charge in [0.25, 0.3) is 5.91 Å². The molecule has 6 nitrogen and oxygen atoms in total. The summed E-state index contributed by atoms with van der Waals surface area (Å²) in [5.41, 5.74) is 7.39. The Balaban J connectivity index is 2.20. The van der Waals surface area contributed by atoms with Gasteiger partial charge in [0.2, 0.25) is 0 Å². The van der Waals surface area contributed by atoms with Crippen molar-refractivity contribution in [3.8, 4) is 11.8 Å². The fourth-order valence-corrected chi connectivity index (χ4v) is 1.74. The third-order valence-electron chi connectivity index (χ3n) is 2.70. The Morgan fingerprint density at radius 2 is 2.35 bits per heavy atom. The second-order valence-electron chi connectivity index (χ2n) is 4.19. The maximum Gasteiger partial charge on any atom is 0.255 e. The van der Waals surface area contributed by atoms with Crippen LogP contribution in [0, 0.1) is 11.8 Å². The van der Waals surface area contributed by atoms with Crippen molar-refractivity contribution in [3.05, 3.63) is 47.5 Å². The summed E-state index contributed by atoms with van der Waals surface area (Å²) in [4.78, 5) is 18.0. The van der Waals surface area contributed by atoms with Crippen molar-refractivity contribution < 1.29 is 4.79 Å². The van der Waals surface area contributed by atoms with Crippen LogP contribution in [0.1, 0.15) is 21.5 Å². The molecule has 102 valence electrons. The monoisotopic (exact) mass is 269 g/mol. The number of rotatable bonds is 3. The normalized spacial score (nSPS) is 9.70. The lowest BCUT2D eigenvalue weighted by Gasteiger charge is -2.16. The maximum atomic E-state index is 12.4. The molecule has 2 aromatic heterocycles. The number of hydrogen-bond donors (Lipinski definition) is 2. The number of aromatic amines is 1. The standard InChI is InChI=1S/C14H15N5O/c1-19(10-11-7-17-18-8-11)14(20)13-4-6-16-9-12(13)3-2-5-15/h4,6-9H,5,10,15H2,1H3,(H,17,18). The van der Waals surface area contributed by atoms with Gasteiger partial charge in [-0.15, -0.1) is 0 Å². The predicted octanol–water partition coefficient (Wildman–Crippen LogP) is 0.387. The summed E-state index contributed by atoms with van der Waals surface area (Å²) in [5, 5.41) is 6.58. The lowest BCUT2D eigenvalue weighted by atomic mass is 10.1. The largest absolute Gasteiger partial charge is 0.337 e. The number of hydrogen-bond acceptors (Lipinski definition) is 4. The van der Waals surface area contributed by atoms with E-state index in [9.17, 15) is 4.79 Å². The second-order valence-corrected chi connectivity index (χ2v) is 4.19. The van der Waals surface area contributed by atoms with Gasteiger partial charge in [-0.05, 0) is 6.07 Å². The Morgan fingerprint density at radius 1 is 1.50 bits per heavy atom. The zero-order valence-electron chi connectivity index (χ0n) is 11.1. The summed E-state index contributed by atoms with van der Waals surface area (Å²) in [6.45, 7) is 0.717. The first-order chi connectivity index (χ1) is 9.72. The zero-order chi connectivity index (χ0) is 14.4. The topological polar surface area (TPSA) is 87.9 Å². The fourth-order valence-electron chi connectivity index (χ4n) is 1.74. The number of nitrogens with two attached hydrogens (primary N) is 1. The summed E-state index contributed by atoms with van der Waals surface area (Å²) in [7, 11) is 1.73. The van der Waals surface area contributed by atoms with Crippen molar-refractivity contribution in [2.75, 3.05) is 13.6 Å². The first kappa shape index (κ1) is 13.8. The Bertz CT molecular complexity index is 639. The molecule has 3 N–H and O–H groups in total. The molecule has 0 saturated carbocycles. The fraction of sp³-hybridized carbons (Fsp3) is 0.214. The summed E-state index contributed by atoms with van der Waals surface area (Å²) in [6, 6.07) is 1.66. The van der Waals surface area contributed by atoms with Crippen LogP contribution in [-0.4, -0.2) is 39.6 Å². The van der Waals surface area contributed by atoms with Gasteiger partial charge >= 0.3 is 0 Å². The molecule has 0 saturated heterocycles. The summed E-state index contributed by atoms with van der Waals surface area (Å²) < 4.78 is 0. The smallest absolute Gasteiger partial charge is 0.255 e. The van der Waals surface area contributed by atoms with Crippen molar-refractivity contribution in [1.29, 1.82) is 0 Å². The lowest BCUT2D eigenvalue weighted by molar-refractivity contribution is 0.0784. The molecule has 0 aliphatic heterocycles. The Hall–Kier alpha value is -2.65. The number of H-pyrrole nitrogens is 1. The number of nitrogens with one attached hydrogen (secondary N) is 1. The number of pyridine rings is 1. The van der Waals surface area contributed by atoms with E-state index in [-0.39, 0.29) is 12.5 Å². The van der Waals surface area contributed by atoms with Crippen molar-refractivity contribution in [3.63, 3.8) is 0 Å². The van der Waals surface area contributed by atoms with E-state index in [1.807, 2.05) is 0 Å². The van der Waals surface area contributed by atoms with Crippen LogP contribution >= 0.6 is 0 Å². The molecule has 0 radical (unpaired) electrons. The lowest BCUT2D eigenvalue weighted by Crippen LogP contribution is -2.26. The molecule has 6 heteroatoms. The third kappa shape index (κ3) is 3.22. The summed E-state index contributed by atoms with van der Waals surface area (Å²) >= 11 is 0. The van der Waals surface area contributed by atoms with Gasteiger partial charge in [-0.1, -0.05) is 11.8 Å². The second kappa shape index (κ2) is 6.50. The van der Waals surface area contributed by atoms with Crippen LogP contribution in [0.5, 0.6) is 0 Å². The molecule has 0 unspecified atom stereocenters. The highest BCUT2D eigenvalue weighted by molar-refractivity contribution is 5.96. The van der Waals surface area contributed by atoms with Crippen LogP contribution in [0.25, 0.3) is 0 Å². The minimum absolute atomic E-state index is 0.116. The average Bonchev–Trinajstić information content (AvgIpc) is 2.97. The van der Waals surface area contributed by atoms with Crippen LogP contribution < -0.4 is 5.73 Å². The number of nitrogens with zero attached hydrogens (tertiary/aromatic N) is 3. The maximum absolute atomic E-state index is 12.4. The molecule has 0 aromatic carbocycles. The zero-order valence-corrected chi connectivity index (χ0v) is 11.1. The van der Waals surface area contributed by atoms with Gasteiger partial charge in [0.05, 0.1) is 23.9 Å². The molecular formula is C14H15N5O. The van der Waals surface area contributed by atoms with E-state index in [1.165, 1.54) is 0 Å². The van der Waals surface area contributed by atoms with Gasteiger partial charge in [0.15, 0.2) is 0 Å². The number of carbonyl (C=O) groups excluding carboxylic acids is 1. The van der Waals surface area contributed by atoms with E-state index in [0.29, 0.717) is 17.7 Å². The molecule has 0 atom stereocenters. The Morgan fingerprint density at radius 3 is 3.05 bits per heavy atom. The van der Waals surface area contributed by atoms with E-state index in [0.717, 1.165) is 5.56 Å². The highest BCUT2D eigenvalue weighted by atomic mass is 16.2. The van der Waals surface area contributed by atoms with Gasteiger partial charge in [-0.3, -0.25) is 14.9 Å². The summed E-state index contributed by atoms with van der Waals surface area (Å²) in [5.74, 6) is 5.48. The molecule has 2 heterocycles. The van der Waals surface area contributed by atoms with Crippen LogP contribution in [0.2, 0.25) is 0 Å². The molecule has 2 aromatic rings. The molecule has 0 aliphatic rings. The molecule has 0 aliphatic carbocycles. The van der Waals surface area contributed by atoms with Gasteiger partial charge in [-0.25, -0.2) is 0 Å². The van der Waals surface area contributed by atoms with Gasteiger partial charge in [0.1, 0.15) is 0 Å². The molecule has 0 fully saturated rings. The van der Waals surface area contributed by atoms with Crippen molar-refractivity contribution in [2.24, 2.45) is 5.73 Å². The predicted molar refractivity (Wildman–Crippen MR) is 74.6 cm³/mol. The molecule has 0 spiro atoms. The third-order valence-corrected chi connectivity index (χ3v) is 2.70. The number of amides is 1. The van der Waals surface area contributed by atoms with E-state index >= 15 is 0 Å². The van der Waals surface area contributed by atoms with E-state index in [4.69, 9.17) is 5.73 Å². The highest BCUT2D eigenvalue weighted by Crippen LogP contribution is 2.10. The minimum atomic E-state index is -0.116. The highest BCUT2D eigenvalue weighted by Gasteiger charge is 2.15. The first-order valence-electron chi connectivity index (χ1n) is 6.08. The van der Waals surface area contributed by atoms with Gasteiger partial charge in [-0.2, -0.15) is 5.10 Å².